The lowest BCUT2D eigenvalue weighted by Gasteiger charge is -2.31. The molecule has 0 unspecified atom stereocenters. The van der Waals surface area contributed by atoms with Gasteiger partial charge in [-0.25, -0.2) is 0 Å². The van der Waals surface area contributed by atoms with Crippen molar-refractivity contribution in [3.63, 3.8) is 0 Å². The van der Waals surface area contributed by atoms with Crippen molar-refractivity contribution in [2.24, 2.45) is 0 Å². The normalized spacial score (nSPS) is 24.0. The molecule has 2 rings (SSSR count). The predicted molar refractivity (Wildman–Crippen MR) is 135 cm³/mol. The van der Waals surface area contributed by atoms with E-state index in [9.17, 15) is 19.8 Å². The molecule has 0 bridgehead atoms. The number of hydrogen-bond donors (Lipinski definition) is 3. The Balaban J connectivity index is 2.00. The summed E-state index contributed by atoms with van der Waals surface area (Å²) in [4.78, 5) is 28.6. The largest absolute Gasteiger partial charge is 0.388 e. The minimum Gasteiger partial charge on any atom is -0.388 e. The van der Waals surface area contributed by atoms with Gasteiger partial charge in [-0.3, -0.25) is 14.5 Å². The number of carbonyl (C=O) groups excluding carboxylic acids is 2. The zero-order chi connectivity index (χ0) is 25.8. The highest BCUT2D eigenvalue weighted by atomic mass is 16.5. The number of carbonyl (C=O) groups is 2. The van der Waals surface area contributed by atoms with Crippen molar-refractivity contribution < 1.29 is 29.3 Å². The molecule has 9 heteroatoms. The number of benzene rings is 1. The molecular formula is C26H43N3O6. The van der Waals surface area contributed by atoms with Crippen molar-refractivity contribution in [3.8, 4) is 0 Å². The third-order valence-corrected chi connectivity index (χ3v) is 6.36. The van der Waals surface area contributed by atoms with Crippen LogP contribution in [0.3, 0.4) is 0 Å². The zero-order valence-corrected chi connectivity index (χ0v) is 21.6. The lowest BCUT2D eigenvalue weighted by molar-refractivity contribution is -0.136. The highest BCUT2D eigenvalue weighted by Crippen LogP contribution is 2.17. The van der Waals surface area contributed by atoms with Crippen molar-refractivity contribution in [1.82, 2.24) is 9.80 Å². The van der Waals surface area contributed by atoms with Crippen LogP contribution in [-0.4, -0.2) is 103 Å². The number of nitrogens with one attached hydrogen (secondary N) is 1. The molecule has 0 saturated carbocycles. The number of amides is 2. The van der Waals surface area contributed by atoms with Crippen LogP contribution in [0.2, 0.25) is 0 Å². The van der Waals surface area contributed by atoms with Crippen LogP contribution in [0.4, 0.5) is 5.69 Å². The Labute approximate surface area is 209 Å². The lowest BCUT2D eigenvalue weighted by atomic mass is 10.0. The van der Waals surface area contributed by atoms with Crippen molar-refractivity contribution in [2.75, 3.05) is 58.4 Å². The van der Waals surface area contributed by atoms with Gasteiger partial charge >= 0.3 is 0 Å². The second-order valence-electron chi connectivity index (χ2n) is 9.53. The third-order valence-electron chi connectivity index (χ3n) is 6.36. The van der Waals surface area contributed by atoms with Crippen LogP contribution in [0.25, 0.3) is 0 Å². The van der Waals surface area contributed by atoms with Gasteiger partial charge in [0.1, 0.15) is 18.3 Å². The van der Waals surface area contributed by atoms with Gasteiger partial charge in [0.15, 0.2) is 0 Å². The molecule has 1 saturated heterocycles. The van der Waals surface area contributed by atoms with E-state index in [2.05, 4.69) is 24.1 Å². The van der Waals surface area contributed by atoms with Crippen LogP contribution in [0, 0.1) is 0 Å². The molecule has 2 amide bonds. The van der Waals surface area contributed by atoms with Gasteiger partial charge in [-0.2, -0.15) is 0 Å². The number of anilines is 1. The Morgan fingerprint density at radius 2 is 1.80 bits per heavy atom. The first-order chi connectivity index (χ1) is 16.7. The molecule has 1 aliphatic rings. The number of nitrogens with zero attached hydrogens (tertiary/aromatic N) is 2. The molecule has 198 valence electrons. The standard InChI is InChI=1S/C26H43N3O6/c1-19(2)21-8-10-22(11-9-21)27-25(32)17-28-12-5-6-15-35-18-23(31)26(33)24(34-4)16-29(20(3)30)14-7-13-28/h8-11,19,23-24,26,31,33H,5-7,12-18H2,1-4H3,(H,27,32)/t23-,24-,26-/m0/s1. The van der Waals surface area contributed by atoms with Gasteiger partial charge in [0, 0.05) is 46.0 Å². The summed E-state index contributed by atoms with van der Waals surface area (Å²) in [7, 11) is 1.45. The van der Waals surface area contributed by atoms with E-state index in [-0.39, 0.29) is 31.5 Å². The molecule has 1 aliphatic heterocycles. The quantitative estimate of drug-likeness (QED) is 0.574. The van der Waals surface area contributed by atoms with Gasteiger partial charge in [-0.05, 0) is 49.4 Å². The van der Waals surface area contributed by atoms with Gasteiger partial charge in [0.2, 0.25) is 11.8 Å². The topological polar surface area (TPSA) is 112 Å². The van der Waals surface area contributed by atoms with E-state index in [1.54, 1.807) is 4.90 Å². The second-order valence-corrected chi connectivity index (χ2v) is 9.53. The first-order valence-electron chi connectivity index (χ1n) is 12.6. The Morgan fingerprint density at radius 3 is 2.43 bits per heavy atom. The van der Waals surface area contributed by atoms with Gasteiger partial charge < -0.3 is 29.9 Å². The van der Waals surface area contributed by atoms with E-state index in [0.29, 0.717) is 32.0 Å². The van der Waals surface area contributed by atoms with Gasteiger partial charge in [-0.15, -0.1) is 0 Å². The molecule has 0 aromatic heterocycles. The highest BCUT2D eigenvalue weighted by Gasteiger charge is 2.29. The molecule has 0 radical (unpaired) electrons. The number of methoxy groups -OCH3 is 1. The Hall–Kier alpha value is -2.04. The summed E-state index contributed by atoms with van der Waals surface area (Å²) < 4.78 is 10.9. The predicted octanol–water partition coefficient (Wildman–Crippen LogP) is 1.84. The number of aliphatic hydroxyl groups excluding tert-OH is 2. The monoisotopic (exact) mass is 493 g/mol. The molecule has 1 heterocycles. The highest BCUT2D eigenvalue weighted by molar-refractivity contribution is 5.92. The Bertz CT molecular complexity index is 773. The van der Waals surface area contributed by atoms with Crippen molar-refractivity contribution in [3.05, 3.63) is 29.8 Å². The summed E-state index contributed by atoms with van der Waals surface area (Å²) in [5.74, 6) is 0.221. The summed E-state index contributed by atoms with van der Waals surface area (Å²) in [6, 6.07) is 7.91. The van der Waals surface area contributed by atoms with E-state index in [1.165, 1.54) is 19.6 Å². The molecule has 0 aliphatic carbocycles. The summed E-state index contributed by atoms with van der Waals surface area (Å²) in [6.45, 7) is 8.42. The maximum absolute atomic E-state index is 12.7. The van der Waals surface area contributed by atoms with Crippen LogP contribution >= 0.6 is 0 Å². The second kappa shape index (κ2) is 15.2. The molecule has 35 heavy (non-hydrogen) atoms. The fourth-order valence-corrected chi connectivity index (χ4v) is 4.12. The van der Waals surface area contributed by atoms with E-state index in [1.807, 2.05) is 24.3 Å². The summed E-state index contributed by atoms with van der Waals surface area (Å²) in [5.41, 5.74) is 2.00. The molecule has 3 atom stereocenters. The molecule has 0 spiro atoms. The van der Waals surface area contributed by atoms with E-state index < -0.39 is 18.3 Å². The van der Waals surface area contributed by atoms with Gasteiger partial charge in [-0.1, -0.05) is 26.0 Å². The number of rotatable bonds is 5. The molecular weight excluding hydrogens is 450 g/mol. The van der Waals surface area contributed by atoms with E-state index in [0.717, 1.165) is 25.1 Å². The molecule has 1 fully saturated rings. The SMILES string of the molecule is CO[C@H]1CN(C(C)=O)CCCN(CC(=O)Nc2ccc(C(C)C)cc2)CCCCOC[C@H](O)[C@@H]1O. The smallest absolute Gasteiger partial charge is 0.238 e. The fourth-order valence-electron chi connectivity index (χ4n) is 4.12. The van der Waals surface area contributed by atoms with Gasteiger partial charge in [0.05, 0.1) is 13.2 Å². The van der Waals surface area contributed by atoms with Crippen LogP contribution in [0.1, 0.15) is 51.5 Å². The molecule has 1 aromatic rings. The number of aliphatic hydroxyl groups is 2. The minimum absolute atomic E-state index is 0.0111. The van der Waals surface area contributed by atoms with Gasteiger partial charge in [0.25, 0.3) is 0 Å². The summed E-state index contributed by atoms with van der Waals surface area (Å²) >= 11 is 0. The maximum Gasteiger partial charge on any atom is 0.238 e. The molecule has 1 aromatic carbocycles. The Kier molecular flexibility index (Phi) is 12.6. The van der Waals surface area contributed by atoms with E-state index >= 15 is 0 Å². The first-order valence-corrected chi connectivity index (χ1v) is 12.6. The minimum atomic E-state index is -1.17. The van der Waals surface area contributed by atoms with Crippen LogP contribution in [0.15, 0.2) is 24.3 Å². The first kappa shape index (κ1) is 29.2. The molecule has 9 nitrogen and oxygen atoms in total. The van der Waals surface area contributed by atoms with Crippen LogP contribution in [0.5, 0.6) is 0 Å². The summed E-state index contributed by atoms with van der Waals surface area (Å²) in [5, 5.41) is 23.7. The average molecular weight is 494 g/mol. The van der Waals surface area contributed by atoms with Crippen molar-refractivity contribution in [1.29, 1.82) is 0 Å². The Morgan fingerprint density at radius 1 is 1.11 bits per heavy atom. The van der Waals surface area contributed by atoms with Crippen molar-refractivity contribution >= 4 is 17.5 Å². The van der Waals surface area contributed by atoms with E-state index in [4.69, 9.17) is 9.47 Å². The van der Waals surface area contributed by atoms with Crippen LogP contribution < -0.4 is 5.32 Å². The zero-order valence-electron chi connectivity index (χ0n) is 21.6. The lowest BCUT2D eigenvalue weighted by Crippen LogP contribution is -2.48. The van der Waals surface area contributed by atoms with Crippen LogP contribution in [-0.2, 0) is 19.1 Å². The fraction of sp³-hybridized carbons (Fsp3) is 0.692. The number of hydrogen-bond acceptors (Lipinski definition) is 7. The summed E-state index contributed by atoms with van der Waals surface area (Å²) in [6.07, 6.45) is -0.736. The molecule has 3 N–H and O–H groups in total. The average Bonchev–Trinajstić information content (AvgIpc) is 2.82. The number of ether oxygens (including phenoxy) is 2. The third kappa shape index (κ3) is 10.2. The maximum atomic E-state index is 12.7. The van der Waals surface area contributed by atoms with Crippen molar-refractivity contribution in [2.45, 2.75) is 64.3 Å².